The second kappa shape index (κ2) is 6.30. The fourth-order valence-electron chi connectivity index (χ4n) is 1.74. The van der Waals surface area contributed by atoms with Gasteiger partial charge in [0.1, 0.15) is 5.75 Å². The Hall–Kier alpha value is -1.82. The van der Waals surface area contributed by atoms with Crippen LogP contribution in [0.1, 0.15) is 11.1 Å². The van der Waals surface area contributed by atoms with Crippen LogP contribution in [-0.2, 0) is 5.75 Å². The van der Waals surface area contributed by atoms with Gasteiger partial charge in [-0.2, -0.15) is 0 Å². The number of alkyl halides is 3. The normalized spacial score (nSPS) is 11.4. The molecule has 0 aliphatic rings. The van der Waals surface area contributed by atoms with E-state index in [9.17, 15) is 13.2 Å². The maximum absolute atomic E-state index is 12.1. The Morgan fingerprint density at radius 2 is 1.76 bits per heavy atom. The number of nitrogens with two attached hydrogens (primary N) is 1. The van der Waals surface area contributed by atoms with Gasteiger partial charge in [0.25, 0.3) is 0 Å². The summed E-state index contributed by atoms with van der Waals surface area (Å²) < 4.78 is 40.0. The third-order valence-corrected chi connectivity index (χ3v) is 4.11. The summed E-state index contributed by atoms with van der Waals surface area (Å²) in [4.78, 5) is 1.06. The minimum absolute atomic E-state index is 0.212. The van der Waals surface area contributed by atoms with Crippen LogP contribution in [0, 0.1) is 6.92 Å². The number of hydrogen-bond donors (Lipinski definition) is 1. The van der Waals surface area contributed by atoms with Crippen LogP contribution in [0.4, 0.5) is 18.9 Å². The van der Waals surface area contributed by atoms with Gasteiger partial charge in [0.15, 0.2) is 0 Å². The van der Waals surface area contributed by atoms with E-state index in [1.807, 2.05) is 25.1 Å². The molecule has 0 unspecified atom stereocenters. The molecule has 0 aliphatic carbocycles. The third-order valence-electron chi connectivity index (χ3n) is 2.88. The molecule has 2 N–H and O–H groups in total. The highest BCUT2D eigenvalue weighted by Gasteiger charge is 2.30. The number of benzene rings is 2. The number of halogens is 3. The highest BCUT2D eigenvalue weighted by atomic mass is 32.2. The molecule has 0 heterocycles. The van der Waals surface area contributed by atoms with Gasteiger partial charge in [-0.3, -0.25) is 0 Å². The zero-order valence-electron chi connectivity index (χ0n) is 11.3. The van der Waals surface area contributed by atoms with Crippen LogP contribution in [0.2, 0.25) is 0 Å². The lowest BCUT2D eigenvalue weighted by atomic mass is 10.2. The molecule has 112 valence electrons. The van der Waals surface area contributed by atoms with Crippen molar-refractivity contribution in [2.75, 3.05) is 5.73 Å². The Morgan fingerprint density at radius 1 is 1.10 bits per heavy atom. The highest BCUT2D eigenvalue weighted by Crippen LogP contribution is 2.30. The Balaban J connectivity index is 1.99. The fourth-order valence-corrected chi connectivity index (χ4v) is 2.76. The summed E-state index contributed by atoms with van der Waals surface area (Å²) in [6, 6.07) is 11.6. The zero-order chi connectivity index (χ0) is 15.5. The number of rotatable bonds is 4. The largest absolute Gasteiger partial charge is 0.573 e. The molecule has 0 saturated carbocycles. The average Bonchev–Trinajstić information content (AvgIpc) is 2.40. The van der Waals surface area contributed by atoms with Crippen molar-refractivity contribution in [3.63, 3.8) is 0 Å². The molecule has 0 saturated heterocycles. The molecule has 2 aromatic carbocycles. The smallest absolute Gasteiger partial charge is 0.406 e. The lowest BCUT2D eigenvalue weighted by molar-refractivity contribution is -0.274. The molecule has 6 heteroatoms. The van der Waals surface area contributed by atoms with Crippen molar-refractivity contribution in [2.45, 2.75) is 23.9 Å². The molecule has 0 fully saturated rings. The first-order valence-electron chi connectivity index (χ1n) is 6.18. The van der Waals surface area contributed by atoms with Crippen LogP contribution in [0.25, 0.3) is 0 Å². The average molecular weight is 313 g/mol. The summed E-state index contributed by atoms with van der Waals surface area (Å²) in [5.41, 5.74) is 8.49. The van der Waals surface area contributed by atoms with E-state index in [2.05, 4.69) is 4.74 Å². The summed E-state index contributed by atoms with van der Waals surface area (Å²) >= 11 is 1.59. The number of hydrogen-bond acceptors (Lipinski definition) is 3. The third kappa shape index (κ3) is 4.60. The van der Waals surface area contributed by atoms with Gasteiger partial charge in [0, 0.05) is 16.3 Å². The number of ether oxygens (including phenoxy) is 1. The van der Waals surface area contributed by atoms with E-state index in [-0.39, 0.29) is 5.75 Å². The molecule has 21 heavy (non-hydrogen) atoms. The van der Waals surface area contributed by atoms with Crippen LogP contribution in [0.15, 0.2) is 47.4 Å². The van der Waals surface area contributed by atoms with Gasteiger partial charge < -0.3 is 10.5 Å². The molecule has 0 aliphatic heterocycles. The molecule has 0 amide bonds. The lowest BCUT2D eigenvalue weighted by Crippen LogP contribution is -2.16. The molecule has 0 spiro atoms. The van der Waals surface area contributed by atoms with E-state index in [4.69, 9.17) is 5.73 Å². The fraction of sp³-hybridized carbons (Fsp3) is 0.200. The molecule has 2 aromatic rings. The first-order valence-corrected chi connectivity index (χ1v) is 7.16. The molecule has 0 bridgehead atoms. The molecule has 0 radical (unpaired) electrons. The summed E-state index contributed by atoms with van der Waals surface area (Å²) in [5, 5.41) is 0. The van der Waals surface area contributed by atoms with Crippen molar-refractivity contribution in [1.82, 2.24) is 0 Å². The predicted molar refractivity (Wildman–Crippen MR) is 78.3 cm³/mol. The molecule has 0 aromatic heterocycles. The number of nitrogen functional groups attached to an aromatic ring is 1. The quantitative estimate of drug-likeness (QED) is 0.652. The van der Waals surface area contributed by atoms with Crippen molar-refractivity contribution in [2.24, 2.45) is 0 Å². The maximum Gasteiger partial charge on any atom is 0.573 e. The second-order valence-corrected chi connectivity index (χ2v) is 5.47. The zero-order valence-corrected chi connectivity index (χ0v) is 12.1. The van der Waals surface area contributed by atoms with E-state index in [1.54, 1.807) is 23.9 Å². The Labute approximate surface area is 125 Å². The Kier molecular flexibility index (Phi) is 4.67. The van der Waals surface area contributed by atoms with Crippen molar-refractivity contribution in [3.8, 4) is 5.75 Å². The van der Waals surface area contributed by atoms with Crippen molar-refractivity contribution >= 4 is 17.4 Å². The molecule has 0 atom stereocenters. The van der Waals surface area contributed by atoms with E-state index in [0.29, 0.717) is 5.75 Å². The van der Waals surface area contributed by atoms with Gasteiger partial charge in [0.2, 0.25) is 0 Å². The minimum atomic E-state index is -4.66. The topological polar surface area (TPSA) is 35.2 Å². The van der Waals surface area contributed by atoms with Crippen LogP contribution in [0.3, 0.4) is 0 Å². The predicted octanol–water partition coefficient (Wildman–Crippen LogP) is 4.77. The molecule has 2 rings (SSSR count). The van der Waals surface area contributed by atoms with Gasteiger partial charge in [-0.1, -0.05) is 18.2 Å². The van der Waals surface area contributed by atoms with Crippen LogP contribution in [0.5, 0.6) is 5.75 Å². The molecular weight excluding hydrogens is 299 g/mol. The lowest BCUT2D eigenvalue weighted by Gasteiger charge is -2.10. The molecule has 2 nitrogen and oxygen atoms in total. The summed E-state index contributed by atoms with van der Waals surface area (Å²) in [6.45, 7) is 1.94. The molecular formula is C15H14F3NOS. The maximum atomic E-state index is 12.1. The number of anilines is 1. The van der Waals surface area contributed by atoms with Crippen molar-refractivity contribution in [3.05, 3.63) is 53.6 Å². The number of thioether (sulfide) groups is 1. The Morgan fingerprint density at radius 3 is 2.38 bits per heavy atom. The monoisotopic (exact) mass is 313 g/mol. The Bertz CT molecular complexity index is 611. The van der Waals surface area contributed by atoms with Crippen LogP contribution in [-0.4, -0.2) is 6.36 Å². The van der Waals surface area contributed by atoms with Crippen LogP contribution >= 0.6 is 11.8 Å². The highest BCUT2D eigenvalue weighted by molar-refractivity contribution is 7.98. The standard InChI is InChI=1S/C15H14F3NOS/c1-10-13(19)3-2-4-14(10)21-9-11-5-7-12(8-6-11)20-15(16,17)18/h2-8H,9,19H2,1H3. The summed E-state index contributed by atoms with van der Waals surface area (Å²) in [7, 11) is 0. The van der Waals surface area contributed by atoms with Gasteiger partial charge in [0.05, 0.1) is 0 Å². The second-order valence-electron chi connectivity index (χ2n) is 4.45. The summed E-state index contributed by atoms with van der Waals surface area (Å²) in [5.74, 6) is 0.438. The van der Waals surface area contributed by atoms with Gasteiger partial charge in [-0.05, 0) is 42.3 Å². The summed E-state index contributed by atoms with van der Waals surface area (Å²) in [6.07, 6.45) is -4.66. The first-order chi connectivity index (χ1) is 9.85. The van der Waals surface area contributed by atoms with Gasteiger partial charge in [-0.25, -0.2) is 0 Å². The van der Waals surface area contributed by atoms with Gasteiger partial charge in [-0.15, -0.1) is 24.9 Å². The van der Waals surface area contributed by atoms with E-state index < -0.39 is 6.36 Å². The minimum Gasteiger partial charge on any atom is -0.406 e. The van der Waals surface area contributed by atoms with Crippen molar-refractivity contribution < 1.29 is 17.9 Å². The van der Waals surface area contributed by atoms with E-state index in [1.165, 1.54) is 12.1 Å². The van der Waals surface area contributed by atoms with Crippen LogP contribution < -0.4 is 10.5 Å². The van der Waals surface area contributed by atoms with E-state index in [0.717, 1.165) is 21.7 Å². The van der Waals surface area contributed by atoms with Gasteiger partial charge >= 0.3 is 6.36 Å². The van der Waals surface area contributed by atoms with Crippen molar-refractivity contribution in [1.29, 1.82) is 0 Å². The van der Waals surface area contributed by atoms with E-state index >= 15 is 0 Å². The first kappa shape index (κ1) is 15.6. The SMILES string of the molecule is Cc1c(N)cccc1SCc1ccc(OC(F)(F)F)cc1.